The molecule has 34 heavy (non-hydrogen) atoms. The van der Waals surface area contributed by atoms with Crippen molar-refractivity contribution < 1.29 is 23.5 Å². The Kier molecular flexibility index (Phi) is 6.22. The number of carbonyl (C=O) groups is 2. The number of allylic oxidation sites excluding steroid dienone is 1. The maximum absolute atomic E-state index is 14.7. The highest BCUT2D eigenvalue weighted by Gasteiger charge is 2.23. The van der Waals surface area contributed by atoms with E-state index in [0.717, 1.165) is 5.56 Å². The third-order valence-electron chi connectivity index (χ3n) is 4.89. The molecule has 0 saturated carbocycles. The normalized spacial score (nSPS) is 14.3. The van der Waals surface area contributed by atoms with Crippen LogP contribution in [0.5, 0.6) is 11.5 Å². The summed E-state index contributed by atoms with van der Waals surface area (Å²) in [7, 11) is 1.48. The summed E-state index contributed by atoms with van der Waals surface area (Å²) >= 11 is 0. The van der Waals surface area contributed by atoms with Crippen LogP contribution in [0.25, 0.3) is 6.08 Å². The summed E-state index contributed by atoms with van der Waals surface area (Å²) in [5.41, 5.74) is 6.13. The van der Waals surface area contributed by atoms with Crippen LogP contribution in [0.4, 0.5) is 10.1 Å². The molecule has 2 aromatic rings. The smallest absolute Gasteiger partial charge is 0.253 e. The van der Waals surface area contributed by atoms with Gasteiger partial charge in [-0.3, -0.25) is 20.4 Å². The van der Waals surface area contributed by atoms with Crippen molar-refractivity contribution in [2.75, 3.05) is 11.9 Å². The van der Waals surface area contributed by atoms with Crippen molar-refractivity contribution in [1.29, 1.82) is 0 Å². The van der Waals surface area contributed by atoms with Crippen LogP contribution in [-0.2, 0) is 9.59 Å². The minimum absolute atomic E-state index is 0.00615. The molecule has 2 heterocycles. The average molecular weight is 461 g/mol. The Hall–Kier alpha value is -4.73. The van der Waals surface area contributed by atoms with Crippen molar-refractivity contribution in [3.05, 3.63) is 84.1 Å². The number of carbonyl (C=O) groups excluding carboxylic acids is 2. The van der Waals surface area contributed by atoms with E-state index in [1.807, 2.05) is 12.1 Å². The molecule has 0 unspecified atom stereocenters. The number of hydrogen-bond donors (Lipinski definition) is 2. The average Bonchev–Trinajstić information content (AvgIpc) is 2.83. The van der Waals surface area contributed by atoms with Crippen LogP contribution in [0.1, 0.15) is 18.1 Å². The molecule has 10 heteroatoms. The first-order chi connectivity index (χ1) is 16.3. The van der Waals surface area contributed by atoms with Gasteiger partial charge in [0.2, 0.25) is 5.84 Å². The third kappa shape index (κ3) is 4.70. The van der Waals surface area contributed by atoms with Crippen LogP contribution in [0.15, 0.2) is 77.4 Å². The second-order valence-electron chi connectivity index (χ2n) is 7.25. The van der Waals surface area contributed by atoms with Crippen molar-refractivity contribution in [3.8, 4) is 11.5 Å². The van der Waals surface area contributed by atoms with Crippen molar-refractivity contribution in [2.45, 2.75) is 6.92 Å². The minimum Gasteiger partial charge on any atom is -0.465 e. The lowest BCUT2D eigenvalue weighted by atomic mass is 10.1. The molecule has 0 bridgehead atoms. The maximum Gasteiger partial charge on any atom is 0.253 e. The van der Waals surface area contributed by atoms with Gasteiger partial charge < -0.3 is 14.4 Å². The van der Waals surface area contributed by atoms with E-state index >= 15 is 0 Å². The van der Waals surface area contributed by atoms with Gasteiger partial charge in [-0.2, -0.15) is 10.2 Å². The van der Waals surface area contributed by atoms with E-state index in [4.69, 9.17) is 9.47 Å². The zero-order valence-electron chi connectivity index (χ0n) is 18.3. The lowest BCUT2D eigenvalue weighted by Crippen LogP contribution is -2.38. The molecule has 0 saturated heterocycles. The van der Waals surface area contributed by atoms with Gasteiger partial charge in [0.05, 0.1) is 17.5 Å². The number of anilines is 1. The quantitative estimate of drug-likeness (QED) is 0.506. The Morgan fingerprint density at radius 3 is 2.74 bits per heavy atom. The molecule has 0 spiro atoms. The molecule has 0 aliphatic carbocycles. The van der Waals surface area contributed by atoms with Crippen LogP contribution in [0.2, 0.25) is 0 Å². The predicted octanol–water partition coefficient (Wildman–Crippen LogP) is 3.06. The van der Waals surface area contributed by atoms with Gasteiger partial charge >= 0.3 is 0 Å². The molecule has 2 aromatic carbocycles. The molecule has 172 valence electrons. The van der Waals surface area contributed by atoms with Gasteiger partial charge in [-0.1, -0.05) is 12.6 Å². The Morgan fingerprint density at radius 2 is 2.00 bits per heavy atom. The molecule has 4 rings (SSSR count). The number of ether oxygens (including phenoxy) is 2. The molecule has 2 N–H and O–H groups in total. The van der Waals surface area contributed by atoms with E-state index in [-0.39, 0.29) is 28.7 Å². The van der Waals surface area contributed by atoms with Crippen LogP contribution < -0.4 is 25.2 Å². The lowest BCUT2D eigenvalue weighted by molar-refractivity contribution is -0.114. The summed E-state index contributed by atoms with van der Waals surface area (Å²) in [5.74, 6) is 0.127. The summed E-state index contributed by atoms with van der Waals surface area (Å²) in [4.78, 5) is 25.4. The number of hydrogen-bond acceptors (Lipinski definition) is 8. The van der Waals surface area contributed by atoms with E-state index in [9.17, 15) is 14.0 Å². The molecule has 0 fully saturated rings. The fraction of sp³-hybridized carbons (Fsp3) is 0.0833. The fourth-order valence-electron chi connectivity index (χ4n) is 3.14. The number of halogens is 1. The zero-order valence-corrected chi connectivity index (χ0v) is 18.3. The Labute approximate surface area is 194 Å². The maximum atomic E-state index is 14.7. The van der Waals surface area contributed by atoms with Gasteiger partial charge in [-0.15, -0.1) is 0 Å². The second kappa shape index (κ2) is 9.41. The SMILES string of the molecule is C=C1C=Cc2ccc(O/C=C/C(=O)N(C)c3cccc(F)c3C3=NNC(C(C)=O)=NN3)cc2O1. The van der Waals surface area contributed by atoms with E-state index in [2.05, 4.69) is 27.6 Å². The van der Waals surface area contributed by atoms with E-state index < -0.39 is 11.7 Å². The molecule has 0 radical (unpaired) electrons. The predicted molar refractivity (Wildman–Crippen MR) is 126 cm³/mol. The Bertz CT molecular complexity index is 1310. The number of Topliss-reactive ketones (excluding diaryl/α,β-unsaturated/α-hetero) is 1. The number of ketones is 1. The Morgan fingerprint density at radius 1 is 1.18 bits per heavy atom. The van der Waals surface area contributed by atoms with Crippen molar-refractivity contribution >= 4 is 35.1 Å². The molecular weight excluding hydrogens is 441 g/mol. The minimum atomic E-state index is -0.628. The van der Waals surface area contributed by atoms with Gasteiger partial charge in [0.25, 0.3) is 5.91 Å². The van der Waals surface area contributed by atoms with Crippen molar-refractivity contribution in [3.63, 3.8) is 0 Å². The summed E-state index contributed by atoms with van der Waals surface area (Å²) in [6, 6.07) is 9.49. The monoisotopic (exact) mass is 461 g/mol. The molecule has 9 nitrogen and oxygen atoms in total. The van der Waals surface area contributed by atoms with Crippen LogP contribution in [-0.4, -0.2) is 30.4 Å². The molecule has 1 amide bonds. The number of benzene rings is 2. The highest BCUT2D eigenvalue weighted by atomic mass is 19.1. The largest absolute Gasteiger partial charge is 0.465 e. The van der Waals surface area contributed by atoms with E-state index in [1.54, 1.807) is 24.3 Å². The number of amidine groups is 2. The highest BCUT2D eigenvalue weighted by molar-refractivity contribution is 6.38. The molecule has 0 aromatic heterocycles. The summed E-state index contributed by atoms with van der Waals surface area (Å²) < 4.78 is 25.8. The molecule has 2 aliphatic heterocycles. The van der Waals surface area contributed by atoms with Crippen molar-refractivity contribution in [1.82, 2.24) is 10.9 Å². The molecular formula is C24H20FN5O4. The summed E-state index contributed by atoms with van der Waals surface area (Å²) in [6.07, 6.45) is 6.07. The molecule has 0 atom stereocenters. The third-order valence-corrected chi connectivity index (χ3v) is 4.89. The van der Waals surface area contributed by atoms with E-state index in [0.29, 0.717) is 17.3 Å². The number of nitrogens with one attached hydrogen (secondary N) is 2. The zero-order chi connectivity index (χ0) is 24.2. The highest BCUT2D eigenvalue weighted by Crippen LogP contribution is 2.31. The van der Waals surface area contributed by atoms with E-state index in [1.165, 1.54) is 43.3 Å². The topological polar surface area (TPSA) is 105 Å². The number of rotatable bonds is 6. The fourth-order valence-corrected chi connectivity index (χ4v) is 3.14. The summed E-state index contributed by atoms with van der Waals surface area (Å²) in [6.45, 7) is 5.07. The molecule has 2 aliphatic rings. The van der Waals surface area contributed by atoms with Gasteiger partial charge in [-0.25, -0.2) is 4.39 Å². The Balaban J connectivity index is 1.48. The summed E-state index contributed by atoms with van der Waals surface area (Å²) in [5, 5.41) is 7.81. The first-order valence-electron chi connectivity index (χ1n) is 10.1. The van der Waals surface area contributed by atoms with Gasteiger partial charge in [0.15, 0.2) is 11.6 Å². The number of nitrogens with zero attached hydrogens (tertiary/aromatic N) is 3. The van der Waals surface area contributed by atoms with Crippen LogP contribution in [0.3, 0.4) is 0 Å². The first kappa shape index (κ1) is 22.5. The number of amides is 1. The van der Waals surface area contributed by atoms with Gasteiger partial charge in [-0.05, 0) is 36.4 Å². The van der Waals surface area contributed by atoms with Crippen molar-refractivity contribution in [2.24, 2.45) is 10.2 Å². The number of hydrazone groups is 2. The van der Waals surface area contributed by atoms with Crippen LogP contribution in [0, 0.1) is 5.82 Å². The lowest BCUT2D eigenvalue weighted by Gasteiger charge is -2.21. The van der Waals surface area contributed by atoms with Gasteiger partial charge in [0.1, 0.15) is 23.1 Å². The van der Waals surface area contributed by atoms with Crippen LogP contribution >= 0.6 is 0 Å². The van der Waals surface area contributed by atoms with Gasteiger partial charge in [0, 0.05) is 31.7 Å². The first-order valence-corrected chi connectivity index (χ1v) is 10.1. The number of likely N-dealkylation sites (N-methyl/N-ethyl adjacent to an activating group) is 1. The second-order valence-corrected chi connectivity index (χ2v) is 7.25. The number of fused-ring (bicyclic) bond motifs is 1. The standard InChI is InChI=1S/C24H20FN5O4/c1-14-7-8-16-9-10-17(13-20(16)34-14)33-12-11-21(32)30(3)19-6-4-5-18(25)22(19)24-28-26-23(15(2)31)27-29-24/h4-13H,1H2,2-3H3,(H,26,27)(H,28,29)/b12-11+.